The molecule has 0 aromatic rings. The predicted octanol–water partition coefficient (Wildman–Crippen LogP) is 1.26. The van der Waals surface area contributed by atoms with E-state index in [1.54, 1.807) is 27.7 Å². The first-order chi connectivity index (χ1) is 9.12. The second-order valence-corrected chi connectivity index (χ2v) is 5.76. The van der Waals surface area contributed by atoms with Crippen molar-refractivity contribution < 1.29 is 29.0 Å². The molecule has 1 amide bonds. The van der Waals surface area contributed by atoms with E-state index >= 15 is 0 Å². The van der Waals surface area contributed by atoms with Crippen molar-refractivity contribution in [2.24, 2.45) is 5.41 Å². The first-order valence-electron chi connectivity index (χ1n) is 6.51. The van der Waals surface area contributed by atoms with Crippen molar-refractivity contribution in [1.29, 1.82) is 0 Å². The molecule has 1 rings (SSSR count). The third kappa shape index (κ3) is 3.40. The third-order valence-electron chi connectivity index (χ3n) is 3.00. The number of carboxylic acid groups (broad SMARTS) is 1. The van der Waals surface area contributed by atoms with Crippen LogP contribution in [0.25, 0.3) is 0 Å². The molecule has 0 aromatic heterocycles. The van der Waals surface area contributed by atoms with Crippen molar-refractivity contribution in [3.63, 3.8) is 0 Å². The maximum absolute atomic E-state index is 11.9. The van der Waals surface area contributed by atoms with Crippen LogP contribution in [0.2, 0.25) is 0 Å². The maximum atomic E-state index is 11.9. The molecule has 0 radical (unpaired) electrons. The summed E-state index contributed by atoms with van der Waals surface area (Å²) in [6, 6.07) is 0. The van der Waals surface area contributed by atoms with Crippen LogP contribution in [0.15, 0.2) is 0 Å². The number of hydrogen-bond acceptors (Lipinski definition) is 5. The molecule has 0 spiro atoms. The van der Waals surface area contributed by atoms with Gasteiger partial charge >= 0.3 is 18.0 Å². The smallest absolute Gasteiger partial charge is 0.410 e. The highest BCUT2D eigenvalue weighted by Crippen LogP contribution is 2.33. The van der Waals surface area contributed by atoms with Crippen LogP contribution in [-0.2, 0) is 19.1 Å². The van der Waals surface area contributed by atoms with Gasteiger partial charge in [0.05, 0.1) is 13.2 Å². The predicted molar refractivity (Wildman–Crippen MR) is 69.1 cm³/mol. The number of likely N-dealkylation sites (tertiary alicyclic amines) is 1. The molecule has 0 bridgehead atoms. The quantitative estimate of drug-likeness (QED) is 0.620. The van der Waals surface area contributed by atoms with E-state index in [9.17, 15) is 19.5 Å². The van der Waals surface area contributed by atoms with Crippen LogP contribution in [-0.4, -0.2) is 53.3 Å². The van der Waals surface area contributed by atoms with Gasteiger partial charge in [0.2, 0.25) is 0 Å². The van der Waals surface area contributed by atoms with Crippen molar-refractivity contribution in [2.75, 3.05) is 19.7 Å². The van der Waals surface area contributed by atoms with Gasteiger partial charge in [0, 0.05) is 6.54 Å². The molecule has 114 valence electrons. The Kier molecular flexibility index (Phi) is 4.62. The molecule has 20 heavy (non-hydrogen) atoms. The Morgan fingerprint density at radius 1 is 1.30 bits per heavy atom. The lowest BCUT2D eigenvalue weighted by molar-refractivity contribution is -0.167. The molecule has 0 aromatic carbocycles. The van der Waals surface area contributed by atoms with Gasteiger partial charge in [0.15, 0.2) is 5.41 Å². The van der Waals surface area contributed by atoms with Gasteiger partial charge in [0.1, 0.15) is 5.60 Å². The minimum absolute atomic E-state index is 0.0282. The van der Waals surface area contributed by atoms with E-state index in [0.717, 1.165) is 0 Å². The molecule has 7 nitrogen and oxygen atoms in total. The molecule has 1 fully saturated rings. The van der Waals surface area contributed by atoms with E-state index in [1.807, 2.05) is 0 Å². The largest absolute Gasteiger partial charge is 0.480 e. The van der Waals surface area contributed by atoms with Crippen molar-refractivity contribution in [2.45, 2.75) is 39.7 Å². The number of esters is 1. The summed E-state index contributed by atoms with van der Waals surface area (Å²) in [4.78, 5) is 36.4. The molecule has 1 saturated heterocycles. The Balaban J connectivity index is 2.83. The number of carbonyl (C=O) groups excluding carboxylic acids is 2. The Bertz CT molecular complexity index is 414. The van der Waals surface area contributed by atoms with Gasteiger partial charge in [-0.25, -0.2) is 4.79 Å². The maximum Gasteiger partial charge on any atom is 0.410 e. The molecule has 0 unspecified atom stereocenters. The van der Waals surface area contributed by atoms with Crippen LogP contribution in [0.3, 0.4) is 0 Å². The van der Waals surface area contributed by atoms with Crippen LogP contribution in [0.5, 0.6) is 0 Å². The molecular formula is C13H21NO6. The van der Waals surface area contributed by atoms with Gasteiger partial charge in [-0.1, -0.05) is 0 Å². The summed E-state index contributed by atoms with van der Waals surface area (Å²) in [5.41, 5.74) is -2.36. The van der Waals surface area contributed by atoms with Crippen molar-refractivity contribution in [1.82, 2.24) is 4.90 Å². The molecule has 0 saturated carbocycles. The number of ether oxygens (including phenoxy) is 2. The van der Waals surface area contributed by atoms with Crippen LogP contribution >= 0.6 is 0 Å². The van der Waals surface area contributed by atoms with Crippen molar-refractivity contribution >= 4 is 18.0 Å². The first kappa shape index (κ1) is 16.3. The van der Waals surface area contributed by atoms with Gasteiger partial charge in [-0.05, 0) is 34.1 Å². The lowest BCUT2D eigenvalue weighted by atomic mass is 9.87. The topological polar surface area (TPSA) is 93.1 Å². The molecule has 1 N–H and O–H groups in total. The number of carbonyl (C=O) groups is 3. The number of amides is 1. The molecular weight excluding hydrogens is 266 g/mol. The standard InChI is InChI=1S/C13H21NO6/c1-5-19-10(17)13(9(15)16)6-7-14(8-13)11(18)20-12(2,3)4/h5-8H2,1-4H3,(H,15,16)/t13-/m1/s1. The minimum atomic E-state index is -1.69. The summed E-state index contributed by atoms with van der Waals surface area (Å²) in [5, 5.41) is 9.31. The molecule has 0 aliphatic carbocycles. The summed E-state index contributed by atoms with van der Waals surface area (Å²) >= 11 is 0. The van der Waals surface area contributed by atoms with Gasteiger partial charge in [-0.15, -0.1) is 0 Å². The fraction of sp³-hybridized carbons (Fsp3) is 0.769. The van der Waals surface area contributed by atoms with E-state index in [-0.39, 0.29) is 26.1 Å². The van der Waals surface area contributed by atoms with Gasteiger partial charge in [0.25, 0.3) is 0 Å². The van der Waals surface area contributed by atoms with E-state index in [1.165, 1.54) is 4.90 Å². The number of rotatable bonds is 3. The number of carboxylic acids is 1. The highest BCUT2D eigenvalue weighted by Gasteiger charge is 2.54. The van der Waals surface area contributed by atoms with E-state index in [2.05, 4.69) is 0 Å². The number of hydrogen-bond donors (Lipinski definition) is 1. The molecule has 1 aliphatic rings. The Labute approximate surface area is 117 Å². The SMILES string of the molecule is CCOC(=O)[C@]1(C(=O)O)CCN(C(=O)OC(C)(C)C)C1. The van der Waals surface area contributed by atoms with Crippen molar-refractivity contribution in [3.05, 3.63) is 0 Å². The molecule has 1 heterocycles. The lowest BCUT2D eigenvalue weighted by Gasteiger charge is -2.26. The minimum Gasteiger partial charge on any atom is -0.480 e. The zero-order chi connectivity index (χ0) is 15.6. The monoisotopic (exact) mass is 287 g/mol. The molecule has 1 atom stereocenters. The first-order valence-corrected chi connectivity index (χ1v) is 6.51. The normalized spacial score (nSPS) is 22.5. The van der Waals surface area contributed by atoms with Crippen LogP contribution in [0.4, 0.5) is 4.79 Å². The van der Waals surface area contributed by atoms with Gasteiger partial charge in [-0.3, -0.25) is 9.59 Å². The Hall–Kier alpha value is -1.79. The van der Waals surface area contributed by atoms with Crippen LogP contribution < -0.4 is 0 Å². The Morgan fingerprint density at radius 2 is 1.90 bits per heavy atom. The van der Waals surface area contributed by atoms with E-state index in [4.69, 9.17) is 9.47 Å². The molecule has 1 aliphatic heterocycles. The summed E-state index contributed by atoms with van der Waals surface area (Å²) in [5.74, 6) is -2.08. The summed E-state index contributed by atoms with van der Waals surface area (Å²) < 4.78 is 10.00. The Morgan fingerprint density at radius 3 is 2.35 bits per heavy atom. The lowest BCUT2D eigenvalue weighted by Crippen LogP contribution is -2.44. The average Bonchev–Trinajstić information content (AvgIpc) is 2.73. The van der Waals surface area contributed by atoms with E-state index in [0.29, 0.717) is 0 Å². The van der Waals surface area contributed by atoms with Crippen molar-refractivity contribution in [3.8, 4) is 0 Å². The fourth-order valence-electron chi connectivity index (χ4n) is 1.99. The van der Waals surface area contributed by atoms with Crippen LogP contribution in [0, 0.1) is 5.41 Å². The highest BCUT2D eigenvalue weighted by atomic mass is 16.6. The second-order valence-electron chi connectivity index (χ2n) is 5.76. The zero-order valence-electron chi connectivity index (χ0n) is 12.3. The van der Waals surface area contributed by atoms with Gasteiger partial charge in [-0.2, -0.15) is 0 Å². The van der Waals surface area contributed by atoms with E-state index < -0.39 is 29.0 Å². The number of aliphatic carboxylic acids is 1. The summed E-state index contributed by atoms with van der Waals surface area (Å²) in [6.07, 6.45) is -0.592. The van der Waals surface area contributed by atoms with Gasteiger partial charge < -0.3 is 19.5 Å². The zero-order valence-corrected chi connectivity index (χ0v) is 12.3. The average molecular weight is 287 g/mol. The summed E-state index contributed by atoms with van der Waals surface area (Å²) in [7, 11) is 0. The highest BCUT2D eigenvalue weighted by molar-refractivity contribution is 6.00. The second kappa shape index (κ2) is 5.68. The summed E-state index contributed by atoms with van der Waals surface area (Å²) in [6.45, 7) is 6.79. The van der Waals surface area contributed by atoms with Crippen LogP contribution in [0.1, 0.15) is 34.1 Å². The third-order valence-corrected chi connectivity index (χ3v) is 3.00. The molecule has 7 heteroatoms. The fourth-order valence-corrected chi connectivity index (χ4v) is 1.99. The number of nitrogens with zero attached hydrogens (tertiary/aromatic N) is 1.